The molecule has 0 radical (unpaired) electrons. The number of nitrogens with zero attached hydrogens (tertiary/aromatic N) is 1. The average Bonchev–Trinajstić information content (AvgIpc) is 2.93. The van der Waals surface area contributed by atoms with E-state index in [1.165, 1.54) is 53.3 Å². The molecule has 0 aromatic heterocycles. The minimum atomic E-state index is 0.105. The third-order valence-corrected chi connectivity index (χ3v) is 9.26. The van der Waals surface area contributed by atoms with Gasteiger partial charge < -0.3 is 0 Å². The van der Waals surface area contributed by atoms with Gasteiger partial charge in [0.15, 0.2) is 0 Å². The van der Waals surface area contributed by atoms with Crippen LogP contribution in [0.15, 0.2) is 129 Å². The van der Waals surface area contributed by atoms with Gasteiger partial charge in [-0.05, 0) is 52.0 Å². The fourth-order valence-corrected chi connectivity index (χ4v) is 7.61. The summed E-state index contributed by atoms with van der Waals surface area (Å²) in [5.74, 6) is 0. The molecule has 5 aromatic rings. The van der Waals surface area contributed by atoms with E-state index in [2.05, 4.69) is 109 Å². The summed E-state index contributed by atoms with van der Waals surface area (Å²) in [5.41, 5.74) is 9.60. The Balaban J connectivity index is 1.49. The predicted molar refractivity (Wildman–Crippen MR) is 148 cm³/mol. The van der Waals surface area contributed by atoms with Crippen molar-refractivity contribution in [1.29, 1.82) is 5.26 Å². The van der Waals surface area contributed by atoms with E-state index in [0.717, 1.165) is 10.5 Å². The molecule has 2 aliphatic heterocycles. The van der Waals surface area contributed by atoms with Crippen molar-refractivity contribution in [2.45, 2.75) is 19.6 Å². The normalized spacial score (nSPS) is 12.8. The van der Waals surface area contributed by atoms with Crippen molar-refractivity contribution in [3.05, 3.63) is 115 Å². The number of benzene rings is 5. The van der Waals surface area contributed by atoms with Gasteiger partial charge in [-0.25, -0.2) is 0 Å². The van der Waals surface area contributed by atoms with Crippen LogP contribution in [0.2, 0.25) is 0 Å². The largest absolute Gasteiger partial charge is 0.247 e. The Hall–Kier alpha value is -3.65. The molecule has 7 rings (SSSR count). The molecule has 1 nitrogen and oxygen atoms in total. The lowest BCUT2D eigenvalue weighted by Gasteiger charge is -2.33. The maximum Gasteiger partial charge on any atom is 0.247 e. The van der Waals surface area contributed by atoms with Crippen molar-refractivity contribution in [3.8, 4) is 28.3 Å². The van der Waals surface area contributed by atoms with Crippen molar-refractivity contribution in [1.82, 2.24) is 0 Å². The van der Waals surface area contributed by atoms with Crippen LogP contribution < -0.4 is 16.4 Å². The third kappa shape index (κ3) is 3.35. The second-order valence-corrected chi connectivity index (χ2v) is 11.0. The molecule has 35 heavy (non-hydrogen) atoms. The second-order valence-electron chi connectivity index (χ2n) is 8.84. The van der Waals surface area contributed by atoms with Crippen LogP contribution in [-0.2, 0) is 0 Å². The van der Waals surface area contributed by atoms with Crippen LogP contribution in [0.3, 0.4) is 0 Å². The van der Waals surface area contributed by atoms with E-state index in [0.29, 0.717) is 0 Å². The summed E-state index contributed by atoms with van der Waals surface area (Å²) in [5, 5.41) is 9.92. The summed E-state index contributed by atoms with van der Waals surface area (Å²) in [6, 6.07) is 41.4. The van der Waals surface area contributed by atoms with Crippen molar-refractivity contribution in [3.63, 3.8) is 0 Å². The van der Waals surface area contributed by atoms with Crippen LogP contribution in [0, 0.1) is 11.3 Å². The first-order valence-corrected chi connectivity index (χ1v) is 13.2. The molecule has 0 N–H and O–H groups in total. The average molecular weight is 479 g/mol. The lowest BCUT2D eigenvalue weighted by atomic mass is 9.36. The second kappa shape index (κ2) is 8.24. The van der Waals surface area contributed by atoms with E-state index >= 15 is 0 Å². The Morgan fingerprint density at radius 2 is 1.09 bits per heavy atom. The molecule has 2 aliphatic rings. The van der Waals surface area contributed by atoms with Gasteiger partial charge in [0.25, 0.3) is 0 Å². The lowest BCUT2D eigenvalue weighted by Crippen LogP contribution is -2.58. The topological polar surface area (TPSA) is 23.8 Å². The van der Waals surface area contributed by atoms with E-state index in [-0.39, 0.29) is 6.71 Å². The monoisotopic (exact) mass is 479 g/mol. The van der Waals surface area contributed by atoms with Crippen LogP contribution in [0.5, 0.6) is 0 Å². The van der Waals surface area contributed by atoms with Gasteiger partial charge in [-0.2, -0.15) is 5.26 Å². The first-order valence-electron chi connectivity index (χ1n) is 11.6. The Morgan fingerprint density at radius 1 is 0.543 bits per heavy atom. The van der Waals surface area contributed by atoms with Crippen molar-refractivity contribution in [2.24, 2.45) is 0 Å². The van der Waals surface area contributed by atoms with Crippen LogP contribution in [0.25, 0.3) is 22.3 Å². The fourth-order valence-electron chi connectivity index (χ4n) is 5.20. The summed E-state index contributed by atoms with van der Waals surface area (Å²) in [6.45, 7) is 0.105. The number of hydrogen-bond acceptors (Lipinski definition) is 3. The maximum atomic E-state index is 9.92. The van der Waals surface area contributed by atoms with E-state index in [9.17, 15) is 5.26 Å². The van der Waals surface area contributed by atoms with Gasteiger partial charge in [0.2, 0.25) is 6.71 Å². The third-order valence-electron chi connectivity index (χ3n) is 6.85. The highest BCUT2D eigenvalue weighted by molar-refractivity contribution is 8.01. The van der Waals surface area contributed by atoms with Crippen LogP contribution in [0.1, 0.15) is 5.56 Å². The molecule has 5 aromatic carbocycles. The zero-order chi connectivity index (χ0) is 23.4. The number of nitriles is 1. The Bertz CT molecular complexity index is 1600. The Morgan fingerprint density at radius 3 is 1.66 bits per heavy atom. The molecule has 0 atom stereocenters. The molecule has 2 heterocycles. The highest BCUT2D eigenvalue weighted by atomic mass is 32.2. The minimum absolute atomic E-state index is 0.105. The van der Waals surface area contributed by atoms with Gasteiger partial charge in [0.1, 0.15) is 6.07 Å². The van der Waals surface area contributed by atoms with Crippen molar-refractivity contribution in [2.75, 3.05) is 0 Å². The first-order chi connectivity index (χ1) is 17.3. The van der Waals surface area contributed by atoms with Crippen LogP contribution >= 0.6 is 23.5 Å². The SMILES string of the molecule is N#Cc1ccc2c3c1Sc1ccc(-c4ccccc4)cc1B3c1cc(-c3ccccc3)ccc1S2. The molecule has 0 aliphatic carbocycles. The highest BCUT2D eigenvalue weighted by Crippen LogP contribution is 2.41. The van der Waals surface area contributed by atoms with Crippen LogP contribution in [-0.4, -0.2) is 6.71 Å². The highest BCUT2D eigenvalue weighted by Gasteiger charge is 2.39. The minimum Gasteiger partial charge on any atom is -0.192 e. The number of rotatable bonds is 2. The van der Waals surface area contributed by atoms with E-state index < -0.39 is 0 Å². The van der Waals surface area contributed by atoms with Gasteiger partial charge in [0, 0.05) is 19.6 Å². The van der Waals surface area contributed by atoms with Gasteiger partial charge in [0.05, 0.1) is 5.56 Å². The molecule has 162 valence electrons. The fraction of sp³-hybridized carbons (Fsp3) is 0. The first kappa shape index (κ1) is 20.7. The summed E-state index contributed by atoms with van der Waals surface area (Å²) < 4.78 is 0. The number of hydrogen-bond donors (Lipinski definition) is 0. The predicted octanol–water partition coefficient (Wildman–Crippen LogP) is 6.34. The van der Waals surface area contributed by atoms with Gasteiger partial charge in [-0.1, -0.05) is 119 Å². The van der Waals surface area contributed by atoms with Crippen molar-refractivity contribution < 1.29 is 0 Å². The van der Waals surface area contributed by atoms with Crippen LogP contribution in [0.4, 0.5) is 0 Å². The molecule has 0 unspecified atom stereocenters. The molecule has 0 bridgehead atoms. The molecular weight excluding hydrogens is 461 g/mol. The molecule has 0 saturated carbocycles. The zero-order valence-electron chi connectivity index (χ0n) is 18.7. The molecular formula is C31H18BNS2. The standard InChI is InChI=1S/C31H18BNS2/c33-19-24-13-16-29-30-31(24)35-28-15-12-23(21-9-5-2-6-10-21)18-26(28)32(30)25-17-22(11-14-27(25)34-29)20-7-3-1-4-8-20/h1-18H. The van der Waals surface area contributed by atoms with Gasteiger partial charge >= 0.3 is 0 Å². The number of fused-ring (bicyclic) bond motifs is 4. The smallest absolute Gasteiger partial charge is 0.192 e. The quantitative estimate of drug-likeness (QED) is 0.271. The van der Waals surface area contributed by atoms with E-state index in [1.54, 1.807) is 11.8 Å². The lowest BCUT2D eigenvalue weighted by molar-refractivity contribution is 1.29. The van der Waals surface area contributed by atoms with E-state index in [1.807, 2.05) is 17.8 Å². The Labute approximate surface area is 213 Å². The van der Waals surface area contributed by atoms with Crippen molar-refractivity contribution >= 4 is 46.6 Å². The van der Waals surface area contributed by atoms with Gasteiger partial charge in [-0.15, -0.1) is 0 Å². The van der Waals surface area contributed by atoms with Gasteiger partial charge in [-0.3, -0.25) is 0 Å². The summed E-state index contributed by atoms with van der Waals surface area (Å²) in [6.07, 6.45) is 0. The Kier molecular flexibility index (Phi) is 4.87. The molecule has 0 saturated heterocycles. The summed E-state index contributed by atoms with van der Waals surface area (Å²) in [7, 11) is 0. The molecule has 0 fully saturated rings. The maximum absolute atomic E-state index is 9.92. The van der Waals surface area contributed by atoms with E-state index in [4.69, 9.17) is 0 Å². The molecule has 0 spiro atoms. The zero-order valence-corrected chi connectivity index (χ0v) is 20.4. The summed E-state index contributed by atoms with van der Waals surface area (Å²) >= 11 is 3.57. The summed E-state index contributed by atoms with van der Waals surface area (Å²) in [4.78, 5) is 4.89. The molecule has 4 heteroatoms. The molecule has 0 amide bonds.